The van der Waals surface area contributed by atoms with Crippen LogP contribution < -0.4 is 5.32 Å². The zero-order chi connectivity index (χ0) is 13.0. The van der Waals surface area contributed by atoms with Crippen molar-refractivity contribution in [3.05, 3.63) is 21.9 Å². The molecule has 1 aromatic rings. The number of rotatable bonds is 5. The second-order valence-electron chi connectivity index (χ2n) is 5.71. The van der Waals surface area contributed by atoms with Crippen molar-refractivity contribution in [1.29, 1.82) is 0 Å². The number of aryl methyl sites for hydroxylation is 1. The first-order chi connectivity index (χ1) is 8.74. The fourth-order valence-electron chi connectivity index (χ4n) is 3.27. The minimum atomic E-state index is 0.807. The Hall–Kier alpha value is -0.340. The number of hydrogen-bond acceptors (Lipinski definition) is 2. The maximum atomic E-state index is 3.56. The molecule has 0 radical (unpaired) electrons. The standard InChI is InChI=1S/C16H27NS/c1-4-13-7-8-14(11-17-5-2)15(10-13)16-9-6-12(3)18-16/h6,9,13-15,17H,4-5,7-8,10-11H2,1-3H3. The first kappa shape index (κ1) is 14.1. The van der Waals surface area contributed by atoms with Crippen molar-refractivity contribution in [2.24, 2.45) is 11.8 Å². The van der Waals surface area contributed by atoms with E-state index in [1.165, 1.54) is 37.1 Å². The Labute approximate surface area is 116 Å². The molecule has 1 fully saturated rings. The molecule has 18 heavy (non-hydrogen) atoms. The van der Waals surface area contributed by atoms with Crippen molar-refractivity contribution >= 4 is 11.3 Å². The van der Waals surface area contributed by atoms with Gasteiger partial charge in [-0.05, 0) is 62.7 Å². The number of nitrogens with one attached hydrogen (secondary N) is 1. The molecule has 0 saturated heterocycles. The Bertz CT molecular complexity index is 358. The van der Waals surface area contributed by atoms with Crippen molar-refractivity contribution in [3.8, 4) is 0 Å². The maximum absolute atomic E-state index is 3.56. The third-order valence-electron chi connectivity index (χ3n) is 4.46. The van der Waals surface area contributed by atoms with Crippen LogP contribution in [0.3, 0.4) is 0 Å². The van der Waals surface area contributed by atoms with Gasteiger partial charge in [0, 0.05) is 9.75 Å². The smallest absolute Gasteiger partial charge is 0.00823 e. The summed E-state index contributed by atoms with van der Waals surface area (Å²) < 4.78 is 0. The van der Waals surface area contributed by atoms with Crippen LogP contribution in [-0.4, -0.2) is 13.1 Å². The van der Waals surface area contributed by atoms with Gasteiger partial charge in [0.1, 0.15) is 0 Å². The van der Waals surface area contributed by atoms with Gasteiger partial charge in [0.25, 0.3) is 0 Å². The second kappa shape index (κ2) is 6.72. The van der Waals surface area contributed by atoms with Crippen LogP contribution in [0.2, 0.25) is 0 Å². The maximum Gasteiger partial charge on any atom is 0.00823 e. The minimum absolute atomic E-state index is 0.807. The van der Waals surface area contributed by atoms with Crippen molar-refractivity contribution < 1.29 is 0 Å². The predicted molar refractivity (Wildman–Crippen MR) is 81.5 cm³/mol. The van der Waals surface area contributed by atoms with Crippen molar-refractivity contribution in [1.82, 2.24) is 5.32 Å². The van der Waals surface area contributed by atoms with Crippen LogP contribution in [0.4, 0.5) is 0 Å². The summed E-state index contributed by atoms with van der Waals surface area (Å²) in [6, 6.07) is 4.67. The highest BCUT2D eigenvalue weighted by atomic mass is 32.1. The summed E-state index contributed by atoms with van der Waals surface area (Å²) in [6.07, 6.45) is 5.61. The fourth-order valence-corrected chi connectivity index (χ4v) is 4.35. The van der Waals surface area contributed by atoms with Gasteiger partial charge in [0.05, 0.1) is 0 Å². The molecule has 2 rings (SSSR count). The first-order valence-corrected chi connectivity index (χ1v) is 8.33. The van der Waals surface area contributed by atoms with E-state index in [0.717, 1.165) is 24.3 Å². The molecule has 3 unspecified atom stereocenters. The molecule has 0 amide bonds. The van der Waals surface area contributed by atoms with Gasteiger partial charge in [-0.2, -0.15) is 0 Å². The van der Waals surface area contributed by atoms with E-state index >= 15 is 0 Å². The topological polar surface area (TPSA) is 12.0 Å². The van der Waals surface area contributed by atoms with E-state index in [0.29, 0.717) is 0 Å². The van der Waals surface area contributed by atoms with E-state index in [-0.39, 0.29) is 0 Å². The van der Waals surface area contributed by atoms with Crippen LogP contribution in [-0.2, 0) is 0 Å². The van der Waals surface area contributed by atoms with Gasteiger partial charge in [0.2, 0.25) is 0 Å². The lowest BCUT2D eigenvalue weighted by atomic mass is 9.72. The zero-order valence-corrected chi connectivity index (χ0v) is 12.9. The van der Waals surface area contributed by atoms with Crippen molar-refractivity contribution in [2.75, 3.05) is 13.1 Å². The Balaban J connectivity index is 2.08. The van der Waals surface area contributed by atoms with E-state index in [2.05, 4.69) is 38.2 Å². The van der Waals surface area contributed by atoms with Gasteiger partial charge >= 0.3 is 0 Å². The van der Waals surface area contributed by atoms with E-state index < -0.39 is 0 Å². The average molecular weight is 265 g/mol. The Morgan fingerprint density at radius 3 is 2.72 bits per heavy atom. The summed E-state index contributed by atoms with van der Waals surface area (Å²) in [5.74, 6) is 2.61. The van der Waals surface area contributed by atoms with Crippen LogP contribution in [0.1, 0.15) is 55.2 Å². The van der Waals surface area contributed by atoms with Crippen LogP contribution in [0.25, 0.3) is 0 Å². The summed E-state index contributed by atoms with van der Waals surface area (Å²) in [4.78, 5) is 3.10. The van der Waals surface area contributed by atoms with Crippen LogP contribution in [0.5, 0.6) is 0 Å². The molecule has 3 atom stereocenters. The van der Waals surface area contributed by atoms with Gasteiger partial charge in [-0.25, -0.2) is 0 Å². The molecule has 102 valence electrons. The van der Waals surface area contributed by atoms with Gasteiger partial charge in [-0.1, -0.05) is 26.7 Å². The molecule has 0 aromatic carbocycles. The number of hydrogen-bond donors (Lipinski definition) is 1. The predicted octanol–water partition coefficient (Wildman–Crippen LogP) is 4.58. The molecular formula is C16H27NS. The molecule has 1 N–H and O–H groups in total. The van der Waals surface area contributed by atoms with Crippen molar-refractivity contribution in [2.45, 2.75) is 52.4 Å². The van der Waals surface area contributed by atoms with Gasteiger partial charge in [-0.3, -0.25) is 0 Å². The van der Waals surface area contributed by atoms with E-state index in [1.54, 1.807) is 4.88 Å². The first-order valence-electron chi connectivity index (χ1n) is 7.51. The normalized spacial score (nSPS) is 28.5. The Morgan fingerprint density at radius 2 is 2.11 bits per heavy atom. The lowest BCUT2D eigenvalue weighted by Gasteiger charge is -2.35. The van der Waals surface area contributed by atoms with Crippen LogP contribution >= 0.6 is 11.3 Å². The lowest BCUT2D eigenvalue weighted by Crippen LogP contribution is -2.31. The molecule has 0 bridgehead atoms. The Morgan fingerprint density at radius 1 is 1.28 bits per heavy atom. The fraction of sp³-hybridized carbons (Fsp3) is 0.750. The third kappa shape index (κ3) is 3.36. The highest BCUT2D eigenvalue weighted by Crippen LogP contribution is 2.43. The van der Waals surface area contributed by atoms with Gasteiger partial charge in [-0.15, -0.1) is 11.3 Å². The molecule has 1 aliphatic carbocycles. The van der Waals surface area contributed by atoms with Gasteiger partial charge < -0.3 is 5.32 Å². The largest absolute Gasteiger partial charge is 0.317 e. The molecule has 0 spiro atoms. The number of thiophene rings is 1. The third-order valence-corrected chi connectivity index (χ3v) is 5.60. The van der Waals surface area contributed by atoms with E-state index in [4.69, 9.17) is 0 Å². The molecule has 1 heterocycles. The monoisotopic (exact) mass is 265 g/mol. The molecule has 2 heteroatoms. The minimum Gasteiger partial charge on any atom is -0.317 e. The molecular weight excluding hydrogens is 238 g/mol. The van der Waals surface area contributed by atoms with E-state index in [1.807, 2.05) is 11.3 Å². The zero-order valence-electron chi connectivity index (χ0n) is 12.0. The Kier molecular flexibility index (Phi) is 5.25. The second-order valence-corrected chi connectivity index (χ2v) is 7.03. The highest BCUT2D eigenvalue weighted by molar-refractivity contribution is 7.12. The molecule has 1 aliphatic rings. The molecule has 1 aromatic heterocycles. The SMILES string of the molecule is CCNCC1CCC(CC)CC1c1ccc(C)s1. The quantitative estimate of drug-likeness (QED) is 0.822. The van der Waals surface area contributed by atoms with E-state index in [9.17, 15) is 0 Å². The van der Waals surface area contributed by atoms with Gasteiger partial charge in [0.15, 0.2) is 0 Å². The average Bonchev–Trinajstić information content (AvgIpc) is 2.82. The summed E-state index contributed by atoms with van der Waals surface area (Å²) in [7, 11) is 0. The molecule has 0 aliphatic heterocycles. The molecule has 1 saturated carbocycles. The van der Waals surface area contributed by atoms with Crippen LogP contribution in [0, 0.1) is 18.8 Å². The molecule has 1 nitrogen and oxygen atoms in total. The van der Waals surface area contributed by atoms with Crippen LogP contribution in [0.15, 0.2) is 12.1 Å². The summed E-state index contributed by atoms with van der Waals surface area (Å²) in [6.45, 7) is 9.10. The van der Waals surface area contributed by atoms with Crippen molar-refractivity contribution in [3.63, 3.8) is 0 Å². The summed E-state index contributed by atoms with van der Waals surface area (Å²) >= 11 is 2.02. The summed E-state index contributed by atoms with van der Waals surface area (Å²) in [5, 5.41) is 3.56. The lowest BCUT2D eigenvalue weighted by molar-refractivity contribution is 0.229. The highest BCUT2D eigenvalue weighted by Gasteiger charge is 2.31. The summed E-state index contributed by atoms with van der Waals surface area (Å²) in [5.41, 5.74) is 0.